The number of phosphoric ester groups is 1. The van der Waals surface area contributed by atoms with E-state index in [1.165, 1.54) is 122 Å². The summed E-state index contributed by atoms with van der Waals surface area (Å²) in [6.07, 6.45) is 37.2. The number of hydrogen-bond donors (Lipinski definition) is 5. The molecule has 4 atom stereocenters. The third-order valence-corrected chi connectivity index (χ3v) is 10.1. The lowest BCUT2D eigenvalue weighted by molar-refractivity contribution is -0.131. The molecule has 296 valence electrons. The number of phosphoric acid groups is 1. The molecular weight excluding hydrogens is 651 g/mol. The van der Waals surface area contributed by atoms with Crippen LogP contribution < -0.4 is 11.1 Å². The minimum absolute atomic E-state index is 0.0434. The number of rotatable bonds is 38. The number of aliphatic hydroxyl groups is 2. The van der Waals surface area contributed by atoms with E-state index in [1.54, 1.807) is 6.08 Å². The minimum atomic E-state index is -4.41. The molecule has 6 N–H and O–H groups in total. The molecule has 0 rings (SSSR count). The van der Waals surface area contributed by atoms with Gasteiger partial charge < -0.3 is 26.2 Å². The topological polar surface area (TPSA) is 151 Å². The Hall–Kier alpha value is -1.06. The molecule has 0 aromatic heterocycles. The van der Waals surface area contributed by atoms with Gasteiger partial charge in [0.15, 0.2) is 0 Å². The van der Waals surface area contributed by atoms with Crippen LogP contribution in [0.5, 0.6) is 0 Å². The predicted molar refractivity (Wildman–Crippen MR) is 209 cm³/mol. The lowest BCUT2D eigenvalue weighted by Crippen LogP contribution is -2.49. The maximum Gasteiger partial charge on any atom is 0.472 e. The van der Waals surface area contributed by atoms with Gasteiger partial charge in [-0.05, 0) is 44.9 Å². The second kappa shape index (κ2) is 36.3. The first kappa shape index (κ1) is 48.9. The highest BCUT2D eigenvalue weighted by molar-refractivity contribution is 7.47. The molecular formula is C40H79N2O7P. The standard InChI is InChI=1S/C40H79N2O7P/c1-3-5-7-9-11-13-15-16-17-18-19-20-21-23-25-27-29-31-33-39(44)40(45)42-37(36-49-50(46,47)48-35-34-41)38(43)32-30-28-26-24-22-14-12-10-8-6-4-2/h16-17,30,32,37-39,43-44H,3-15,18-29,31,33-36,41H2,1-2H3,(H,42,45)(H,46,47)/b17-16-,32-30+/t37-,38+,39?/m0/s1. The van der Waals surface area contributed by atoms with E-state index in [0.29, 0.717) is 6.42 Å². The maximum atomic E-state index is 12.8. The molecule has 0 radical (unpaired) electrons. The smallest absolute Gasteiger partial charge is 0.387 e. The number of unbranched alkanes of at least 4 members (excludes halogenated alkanes) is 23. The SMILES string of the molecule is CCCCCCCC/C=C\CCCCCCCCCCC(O)C(=O)N[C@@H](COP(=O)(O)OCCN)[C@H](O)/C=C/CCCCCCCCCCC. The van der Waals surface area contributed by atoms with Crippen molar-refractivity contribution in [1.29, 1.82) is 0 Å². The van der Waals surface area contributed by atoms with Gasteiger partial charge in [-0.1, -0.05) is 167 Å². The zero-order chi connectivity index (χ0) is 37.0. The first-order valence-electron chi connectivity index (χ1n) is 20.6. The van der Waals surface area contributed by atoms with Crippen LogP contribution in [-0.2, 0) is 18.4 Å². The quantitative estimate of drug-likeness (QED) is 0.0239. The number of allylic oxidation sites excluding steroid dienone is 3. The molecule has 0 saturated carbocycles. The van der Waals surface area contributed by atoms with Crippen molar-refractivity contribution in [2.45, 2.75) is 205 Å². The minimum Gasteiger partial charge on any atom is -0.387 e. The van der Waals surface area contributed by atoms with Crippen LogP contribution >= 0.6 is 7.82 Å². The van der Waals surface area contributed by atoms with E-state index in [2.05, 4.69) is 31.3 Å². The highest BCUT2D eigenvalue weighted by Crippen LogP contribution is 2.43. The predicted octanol–water partition coefficient (Wildman–Crippen LogP) is 9.97. The van der Waals surface area contributed by atoms with E-state index in [1.807, 2.05) is 6.08 Å². The lowest BCUT2D eigenvalue weighted by atomic mass is 10.0. The summed E-state index contributed by atoms with van der Waals surface area (Å²) in [5.41, 5.74) is 5.34. The Morgan fingerprint density at radius 3 is 1.54 bits per heavy atom. The second-order valence-corrected chi connectivity index (χ2v) is 15.4. The zero-order valence-electron chi connectivity index (χ0n) is 32.3. The summed E-state index contributed by atoms with van der Waals surface area (Å²) in [4.78, 5) is 22.7. The molecule has 2 unspecified atom stereocenters. The van der Waals surface area contributed by atoms with Crippen molar-refractivity contribution >= 4 is 13.7 Å². The van der Waals surface area contributed by atoms with Gasteiger partial charge in [0.05, 0.1) is 25.4 Å². The normalized spacial score (nSPS) is 15.1. The number of carbonyl (C=O) groups is 1. The van der Waals surface area contributed by atoms with Crippen molar-refractivity contribution in [3.8, 4) is 0 Å². The van der Waals surface area contributed by atoms with Crippen molar-refractivity contribution in [2.24, 2.45) is 5.73 Å². The van der Waals surface area contributed by atoms with Gasteiger partial charge in [0.2, 0.25) is 5.91 Å². The van der Waals surface area contributed by atoms with Gasteiger partial charge in [-0.25, -0.2) is 4.57 Å². The largest absolute Gasteiger partial charge is 0.472 e. The van der Waals surface area contributed by atoms with Crippen LogP contribution in [0.1, 0.15) is 187 Å². The molecule has 0 fully saturated rings. The summed E-state index contributed by atoms with van der Waals surface area (Å²) in [6, 6.07) is -1.03. The number of nitrogens with one attached hydrogen (secondary N) is 1. The number of aliphatic hydroxyl groups excluding tert-OH is 2. The van der Waals surface area contributed by atoms with E-state index in [4.69, 9.17) is 14.8 Å². The molecule has 0 aliphatic heterocycles. The van der Waals surface area contributed by atoms with Crippen LogP contribution in [0.4, 0.5) is 0 Å². The van der Waals surface area contributed by atoms with Gasteiger partial charge in [-0.2, -0.15) is 0 Å². The van der Waals surface area contributed by atoms with Gasteiger partial charge in [0.1, 0.15) is 6.10 Å². The molecule has 0 spiro atoms. The molecule has 0 bridgehead atoms. The first-order valence-corrected chi connectivity index (χ1v) is 22.1. The summed E-state index contributed by atoms with van der Waals surface area (Å²) in [7, 11) is -4.41. The van der Waals surface area contributed by atoms with Gasteiger partial charge in [-0.3, -0.25) is 13.8 Å². The van der Waals surface area contributed by atoms with Crippen LogP contribution in [0.2, 0.25) is 0 Å². The highest BCUT2D eigenvalue weighted by atomic mass is 31.2. The molecule has 0 aromatic rings. The Labute approximate surface area is 307 Å². The Bertz CT molecular complexity index is 858. The fourth-order valence-electron chi connectivity index (χ4n) is 5.90. The molecule has 9 nitrogen and oxygen atoms in total. The summed E-state index contributed by atoms with van der Waals surface area (Å²) in [6.45, 7) is 3.90. The van der Waals surface area contributed by atoms with Crippen LogP contribution in [0.3, 0.4) is 0 Å². The maximum absolute atomic E-state index is 12.8. The molecule has 0 aliphatic rings. The molecule has 10 heteroatoms. The lowest BCUT2D eigenvalue weighted by Gasteiger charge is -2.24. The number of amides is 1. The van der Waals surface area contributed by atoms with Crippen LogP contribution in [0, 0.1) is 0 Å². The Morgan fingerprint density at radius 2 is 1.08 bits per heavy atom. The molecule has 0 aromatic carbocycles. The third kappa shape index (κ3) is 32.8. The Kier molecular flexibility index (Phi) is 35.5. The summed E-state index contributed by atoms with van der Waals surface area (Å²) >= 11 is 0. The Morgan fingerprint density at radius 1 is 0.660 bits per heavy atom. The summed E-state index contributed by atoms with van der Waals surface area (Å²) in [5.74, 6) is -0.637. The molecule has 0 saturated heterocycles. The van der Waals surface area contributed by atoms with Crippen molar-refractivity contribution in [2.75, 3.05) is 19.8 Å². The zero-order valence-corrected chi connectivity index (χ0v) is 33.1. The van der Waals surface area contributed by atoms with E-state index in [0.717, 1.165) is 44.9 Å². The first-order chi connectivity index (χ1) is 24.3. The van der Waals surface area contributed by atoms with E-state index < -0.39 is 38.6 Å². The number of carbonyl (C=O) groups excluding carboxylic acids is 1. The van der Waals surface area contributed by atoms with Gasteiger partial charge in [0, 0.05) is 6.54 Å². The van der Waals surface area contributed by atoms with Crippen molar-refractivity contribution in [3.05, 3.63) is 24.3 Å². The number of hydrogen-bond acceptors (Lipinski definition) is 7. The van der Waals surface area contributed by atoms with Crippen molar-refractivity contribution in [3.63, 3.8) is 0 Å². The van der Waals surface area contributed by atoms with Crippen molar-refractivity contribution in [1.82, 2.24) is 5.32 Å². The Balaban J connectivity index is 4.32. The third-order valence-electron chi connectivity index (χ3n) is 9.13. The van der Waals surface area contributed by atoms with E-state index in [9.17, 15) is 24.5 Å². The fourth-order valence-corrected chi connectivity index (χ4v) is 6.66. The van der Waals surface area contributed by atoms with Gasteiger partial charge >= 0.3 is 7.82 Å². The van der Waals surface area contributed by atoms with Crippen LogP contribution in [-0.4, -0.2) is 59.0 Å². The second-order valence-electron chi connectivity index (χ2n) is 14.0. The summed E-state index contributed by atoms with van der Waals surface area (Å²) in [5, 5.41) is 23.9. The van der Waals surface area contributed by atoms with E-state index in [-0.39, 0.29) is 13.2 Å². The van der Waals surface area contributed by atoms with Crippen LogP contribution in [0.25, 0.3) is 0 Å². The number of nitrogens with two attached hydrogens (primary N) is 1. The van der Waals surface area contributed by atoms with Crippen molar-refractivity contribution < 1.29 is 33.5 Å². The summed E-state index contributed by atoms with van der Waals surface area (Å²) < 4.78 is 22.0. The molecule has 1 amide bonds. The fraction of sp³-hybridized carbons (Fsp3) is 0.875. The molecule has 0 heterocycles. The molecule has 50 heavy (non-hydrogen) atoms. The average molecular weight is 731 g/mol. The monoisotopic (exact) mass is 731 g/mol. The van der Waals surface area contributed by atoms with Crippen LogP contribution in [0.15, 0.2) is 24.3 Å². The highest BCUT2D eigenvalue weighted by Gasteiger charge is 2.28. The van der Waals surface area contributed by atoms with Gasteiger partial charge in [-0.15, -0.1) is 0 Å². The molecule has 0 aliphatic carbocycles. The van der Waals surface area contributed by atoms with Gasteiger partial charge in [0.25, 0.3) is 0 Å². The van der Waals surface area contributed by atoms with E-state index >= 15 is 0 Å². The average Bonchev–Trinajstić information content (AvgIpc) is 3.10.